The molecule has 2 heterocycles. The Balaban J connectivity index is 1.80. The normalized spacial score (nSPS) is 16.5. The molecule has 0 unspecified atom stereocenters. The van der Waals surface area contributed by atoms with Gasteiger partial charge in [-0.15, -0.1) is 0 Å². The number of fused-ring (bicyclic) bond motifs is 3. The van der Waals surface area contributed by atoms with Crippen molar-refractivity contribution in [1.82, 2.24) is 15.0 Å². The number of nitrogens with one attached hydrogen (secondary N) is 2. The van der Waals surface area contributed by atoms with Gasteiger partial charge in [0.25, 0.3) is 0 Å². The molecule has 1 aromatic carbocycles. The third-order valence-electron chi connectivity index (χ3n) is 5.11. The lowest BCUT2D eigenvalue weighted by molar-refractivity contribution is -0.142. The number of benzene rings is 1. The number of halogens is 3. The maximum Gasteiger partial charge on any atom is 0.416 e. The van der Waals surface area contributed by atoms with E-state index < -0.39 is 23.6 Å². The largest absolute Gasteiger partial charge is 0.495 e. The molecule has 152 valence electrons. The Morgan fingerprint density at radius 1 is 1.34 bits per heavy atom. The topological polar surface area (TPSA) is 100 Å². The van der Waals surface area contributed by atoms with Crippen molar-refractivity contribution in [2.24, 2.45) is 5.92 Å². The summed E-state index contributed by atoms with van der Waals surface area (Å²) in [4.78, 5) is 23.0. The summed E-state index contributed by atoms with van der Waals surface area (Å²) in [6.07, 6.45) is -1.86. The first kappa shape index (κ1) is 19.0. The molecule has 1 aliphatic rings. The minimum absolute atomic E-state index is 0.0999. The molecule has 7 nitrogen and oxygen atoms in total. The van der Waals surface area contributed by atoms with Gasteiger partial charge in [-0.25, -0.2) is 9.97 Å². The van der Waals surface area contributed by atoms with Gasteiger partial charge >= 0.3 is 12.1 Å². The standard InChI is InChI=1S/C19H17F3N4O3/c1-29-14-5-3-10(19(20,21)22)7-13(14)26-17-15-11-6-9(18(27)28)2-4-12(11)25-16(15)23-8-24-17/h3,5,7-9H,2,4,6H2,1H3,(H,27,28)(H2,23,24,25,26)/t9-/m0/s1. The second-order valence-corrected chi connectivity index (χ2v) is 6.84. The van der Waals surface area contributed by atoms with E-state index in [2.05, 4.69) is 20.3 Å². The number of aromatic nitrogens is 3. The highest BCUT2D eigenvalue weighted by Gasteiger charge is 2.32. The molecule has 3 N–H and O–H groups in total. The van der Waals surface area contributed by atoms with Crippen LogP contribution < -0.4 is 10.1 Å². The van der Waals surface area contributed by atoms with Gasteiger partial charge in [-0.2, -0.15) is 13.2 Å². The number of anilines is 2. The highest BCUT2D eigenvalue weighted by atomic mass is 19.4. The van der Waals surface area contributed by atoms with Gasteiger partial charge in [-0.1, -0.05) is 0 Å². The molecule has 1 aliphatic carbocycles. The van der Waals surface area contributed by atoms with E-state index in [0.29, 0.717) is 30.3 Å². The van der Waals surface area contributed by atoms with Gasteiger partial charge in [0.15, 0.2) is 0 Å². The van der Waals surface area contributed by atoms with Crippen LogP contribution >= 0.6 is 0 Å². The van der Waals surface area contributed by atoms with Crippen LogP contribution in [0, 0.1) is 5.92 Å². The molecule has 1 atom stereocenters. The number of methoxy groups -OCH3 is 1. The summed E-state index contributed by atoms with van der Waals surface area (Å²) in [6.45, 7) is 0. The molecule has 0 spiro atoms. The van der Waals surface area contributed by atoms with Crippen LogP contribution in [-0.4, -0.2) is 33.1 Å². The van der Waals surface area contributed by atoms with Gasteiger partial charge in [-0.3, -0.25) is 4.79 Å². The van der Waals surface area contributed by atoms with E-state index in [1.807, 2.05) is 0 Å². The Morgan fingerprint density at radius 2 is 2.14 bits per heavy atom. The summed E-state index contributed by atoms with van der Waals surface area (Å²) in [5, 5.41) is 12.9. The zero-order valence-corrected chi connectivity index (χ0v) is 15.3. The lowest BCUT2D eigenvalue weighted by atomic mass is 9.86. The second-order valence-electron chi connectivity index (χ2n) is 6.84. The van der Waals surface area contributed by atoms with Crippen molar-refractivity contribution in [1.29, 1.82) is 0 Å². The van der Waals surface area contributed by atoms with Gasteiger partial charge in [0.05, 0.1) is 29.7 Å². The summed E-state index contributed by atoms with van der Waals surface area (Å²) in [5.74, 6) is -0.901. The van der Waals surface area contributed by atoms with Crippen LogP contribution in [0.4, 0.5) is 24.7 Å². The van der Waals surface area contributed by atoms with Gasteiger partial charge in [0.2, 0.25) is 0 Å². The third-order valence-corrected chi connectivity index (χ3v) is 5.11. The number of rotatable bonds is 4. The van der Waals surface area contributed by atoms with Crippen molar-refractivity contribution in [2.45, 2.75) is 25.4 Å². The number of ether oxygens (including phenoxy) is 1. The van der Waals surface area contributed by atoms with Crippen LogP contribution in [0.25, 0.3) is 11.0 Å². The van der Waals surface area contributed by atoms with Crippen molar-refractivity contribution in [3.8, 4) is 5.75 Å². The molecule has 0 saturated heterocycles. The molecule has 10 heteroatoms. The minimum Gasteiger partial charge on any atom is -0.495 e. The van der Waals surface area contributed by atoms with Crippen molar-refractivity contribution < 1.29 is 27.8 Å². The van der Waals surface area contributed by atoms with E-state index >= 15 is 0 Å². The zero-order chi connectivity index (χ0) is 20.8. The van der Waals surface area contributed by atoms with Crippen LogP contribution in [-0.2, 0) is 23.8 Å². The summed E-state index contributed by atoms with van der Waals surface area (Å²) in [5.41, 5.74) is 1.42. The Kier molecular flexibility index (Phi) is 4.56. The number of alkyl halides is 3. The zero-order valence-electron chi connectivity index (χ0n) is 15.3. The van der Waals surface area contributed by atoms with Gasteiger partial charge in [0.1, 0.15) is 23.5 Å². The number of nitrogens with zero attached hydrogens (tertiary/aromatic N) is 2. The fraction of sp³-hybridized carbons (Fsp3) is 0.316. The van der Waals surface area contributed by atoms with E-state index in [9.17, 15) is 23.1 Å². The number of aryl methyl sites for hydroxylation is 1. The molecule has 4 rings (SSSR count). The molecule has 2 aromatic heterocycles. The Bertz CT molecular complexity index is 1090. The molecule has 0 radical (unpaired) electrons. The van der Waals surface area contributed by atoms with Gasteiger partial charge in [-0.05, 0) is 43.0 Å². The first-order valence-corrected chi connectivity index (χ1v) is 8.87. The van der Waals surface area contributed by atoms with E-state index in [0.717, 1.165) is 23.4 Å². The first-order chi connectivity index (χ1) is 13.8. The molecule has 0 amide bonds. The smallest absolute Gasteiger partial charge is 0.416 e. The van der Waals surface area contributed by atoms with Crippen LogP contribution in [0.15, 0.2) is 24.5 Å². The minimum atomic E-state index is -4.51. The van der Waals surface area contributed by atoms with Crippen LogP contribution in [0.1, 0.15) is 23.2 Å². The number of hydrogen-bond acceptors (Lipinski definition) is 5. The SMILES string of the molecule is COc1ccc(C(F)(F)F)cc1Nc1ncnc2[nH]c3c(c12)C[C@@H](C(=O)O)CC3. The van der Waals surface area contributed by atoms with Crippen LogP contribution in [0.2, 0.25) is 0 Å². The molecule has 3 aromatic rings. The predicted molar refractivity (Wildman–Crippen MR) is 98.3 cm³/mol. The number of aromatic amines is 1. The highest BCUT2D eigenvalue weighted by Crippen LogP contribution is 2.39. The maximum atomic E-state index is 13.1. The van der Waals surface area contributed by atoms with Gasteiger partial charge < -0.3 is 20.1 Å². The summed E-state index contributed by atoms with van der Waals surface area (Å²) in [6, 6.07) is 3.12. The Morgan fingerprint density at radius 3 is 2.83 bits per heavy atom. The molecule has 0 aliphatic heterocycles. The van der Waals surface area contributed by atoms with E-state index in [-0.39, 0.29) is 17.3 Å². The average Bonchev–Trinajstić information content (AvgIpc) is 3.06. The summed E-state index contributed by atoms with van der Waals surface area (Å²) in [7, 11) is 1.36. The van der Waals surface area contributed by atoms with Crippen molar-refractivity contribution in [3.05, 3.63) is 41.3 Å². The number of carbonyl (C=O) groups is 1. The average molecular weight is 406 g/mol. The molecule has 0 fully saturated rings. The number of H-pyrrole nitrogens is 1. The highest BCUT2D eigenvalue weighted by molar-refractivity contribution is 5.94. The second kappa shape index (κ2) is 6.94. The number of carboxylic acids is 1. The number of carboxylic acid groups (broad SMARTS) is 1. The fourth-order valence-corrected chi connectivity index (χ4v) is 3.66. The number of aliphatic carboxylic acids is 1. The lowest BCUT2D eigenvalue weighted by Crippen LogP contribution is -2.21. The monoisotopic (exact) mass is 406 g/mol. The number of hydrogen-bond donors (Lipinski definition) is 3. The molecule has 0 saturated carbocycles. The first-order valence-electron chi connectivity index (χ1n) is 8.87. The molecule has 0 bridgehead atoms. The summed E-state index contributed by atoms with van der Waals surface area (Å²) < 4.78 is 44.6. The van der Waals surface area contributed by atoms with E-state index in [4.69, 9.17) is 4.74 Å². The predicted octanol–water partition coefficient (Wildman–Crippen LogP) is 3.92. The lowest BCUT2D eigenvalue weighted by Gasteiger charge is -2.19. The maximum absolute atomic E-state index is 13.1. The molecular weight excluding hydrogens is 389 g/mol. The molecular formula is C19H17F3N4O3. The molecule has 29 heavy (non-hydrogen) atoms. The Hall–Kier alpha value is -3.30. The van der Waals surface area contributed by atoms with E-state index in [1.54, 1.807) is 0 Å². The van der Waals surface area contributed by atoms with Gasteiger partial charge in [0, 0.05) is 5.69 Å². The third kappa shape index (κ3) is 3.45. The summed E-state index contributed by atoms with van der Waals surface area (Å²) >= 11 is 0. The van der Waals surface area contributed by atoms with E-state index in [1.165, 1.54) is 19.5 Å². The van der Waals surface area contributed by atoms with Crippen molar-refractivity contribution >= 4 is 28.5 Å². The van der Waals surface area contributed by atoms with Crippen LogP contribution in [0.5, 0.6) is 5.75 Å². The quantitative estimate of drug-likeness (QED) is 0.607. The van der Waals surface area contributed by atoms with Crippen molar-refractivity contribution in [2.75, 3.05) is 12.4 Å². The van der Waals surface area contributed by atoms with Crippen LogP contribution in [0.3, 0.4) is 0 Å². The Labute approximate surface area is 162 Å². The fourth-order valence-electron chi connectivity index (χ4n) is 3.66. The van der Waals surface area contributed by atoms with Crippen molar-refractivity contribution in [3.63, 3.8) is 0 Å².